The molecule has 0 aliphatic heterocycles. The Bertz CT molecular complexity index is 619. The molecule has 0 bridgehead atoms. The summed E-state index contributed by atoms with van der Waals surface area (Å²) in [4.78, 5) is 0.496. The Hall–Kier alpha value is -1.08. The molecule has 0 saturated heterocycles. The van der Waals surface area contributed by atoms with Gasteiger partial charge in [0.05, 0.1) is 0 Å². The van der Waals surface area contributed by atoms with Gasteiger partial charge in [0.15, 0.2) is 0 Å². The molecule has 1 heteroatoms. The third kappa shape index (κ3) is 3.08. The maximum Gasteiger partial charge on any atom is 0.0432 e. The van der Waals surface area contributed by atoms with Gasteiger partial charge in [0.25, 0.3) is 0 Å². The number of alkyl halides is 1. The molecular weight excluding hydrogens is 320 g/mol. The molecule has 0 saturated carbocycles. The van der Waals surface area contributed by atoms with E-state index in [2.05, 4.69) is 85.2 Å². The van der Waals surface area contributed by atoms with Crippen LogP contribution in [-0.2, 0) is 18.3 Å². The zero-order valence-corrected chi connectivity index (χ0v) is 14.7. The van der Waals surface area contributed by atoms with Gasteiger partial charge in [-0.1, -0.05) is 85.2 Å². The molecule has 0 spiro atoms. The van der Waals surface area contributed by atoms with Crippen molar-refractivity contribution in [1.29, 1.82) is 0 Å². The van der Waals surface area contributed by atoms with E-state index < -0.39 is 0 Å². The van der Waals surface area contributed by atoms with Crippen LogP contribution < -0.4 is 0 Å². The molecule has 0 heterocycles. The fourth-order valence-electron chi connectivity index (χ4n) is 3.25. The van der Waals surface area contributed by atoms with Crippen LogP contribution in [0.5, 0.6) is 0 Å². The molecule has 0 fully saturated rings. The molecule has 0 radical (unpaired) electrons. The lowest BCUT2D eigenvalue weighted by Crippen LogP contribution is -2.11. The fourth-order valence-corrected chi connectivity index (χ4v) is 4.07. The van der Waals surface area contributed by atoms with Gasteiger partial charge < -0.3 is 0 Å². The SMILES string of the molecule is CC(C)(C)c1ccc(CC2Cc3ccccc3C2Br)cc1. The van der Waals surface area contributed by atoms with Crippen LogP contribution in [-0.4, -0.2) is 0 Å². The molecule has 3 rings (SSSR count). The van der Waals surface area contributed by atoms with Crippen LogP contribution in [0.2, 0.25) is 0 Å². The minimum Gasteiger partial charge on any atom is -0.0835 e. The first-order chi connectivity index (χ1) is 9.95. The van der Waals surface area contributed by atoms with Crippen LogP contribution in [0, 0.1) is 5.92 Å². The van der Waals surface area contributed by atoms with Crippen molar-refractivity contribution in [3.05, 3.63) is 70.8 Å². The Balaban J connectivity index is 1.74. The smallest absolute Gasteiger partial charge is 0.0432 e. The van der Waals surface area contributed by atoms with Crippen LogP contribution in [0.15, 0.2) is 48.5 Å². The summed E-state index contributed by atoms with van der Waals surface area (Å²) in [5, 5.41) is 0. The van der Waals surface area contributed by atoms with Crippen LogP contribution in [0.25, 0.3) is 0 Å². The average Bonchev–Trinajstić information content (AvgIpc) is 2.76. The van der Waals surface area contributed by atoms with Crippen molar-refractivity contribution in [1.82, 2.24) is 0 Å². The van der Waals surface area contributed by atoms with E-state index in [0.29, 0.717) is 10.7 Å². The number of benzene rings is 2. The van der Waals surface area contributed by atoms with Crippen molar-refractivity contribution < 1.29 is 0 Å². The Labute approximate surface area is 136 Å². The third-order valence-electron chi connectivity index (χ3n) is 4.57. The summed E-state index contributed by atoms with van der Waals surface area (Å²) in [5.41, 5.74) is 6.09. The molecule has 21 heavy (non-hydrogen) atoms. The van der Waals surface area contributed by atoms with Crippen LogP contribution in [0.4, 0.5) is 0 Å². The number of halogens is 1. The van der Waals surface area contributed by atoms with E-state index in [-0.39, 0.29) is 5.41 Å². The number of rotatable bonds is 2. The van der Waals surface area contributed by atoms with Crippen molar-refractivity contribution >= 4 is 15.9 Å². The summed E-state index contributed by atoms with van der Waals surface area (Å²) in [6.45, 7) is 6.80. The van der Waals surface area contributed by atoms with Crippen molar-refractivity contribution in [3.8, 4) is 0 Å². The first kappa shape index (κ1) is 14.8. The maximum absolute atomic E-state index is 3.91. The van der Waals surface area contributed by atoms with E-state index in [1.165, 1.54) is 28.7 Å². The molecule has 110 valence electrons. The minimum atomic E-state index is 0.236. The molecule has 2 unspecified atom stereocenters. The highest BCUT2D eigenvalue weighted by atomic mass is 79.9. The lowest BCUT2D eigenvalue weighted by Gasteiger charge is -2.20. The molecule has 0 nitrogen and oxygen atoms in total. The standard InChI is InChI=1S/C20H23Br/c1-20(2,3)17-10-8-14(9-11-17)12-16-13-15-6-4-5-7-18(15)19(16)21/h4-11,16,19H,12-13H2,1-3H3. The Morgan fingerprint density at radius 1 is 1.00 bits per heavy atom. The van der Waals surface area contributed by atoms with E-state index >= 15 is 0 Å². The average molecular weight is 343 g/mol. The summed E-state index contributed by atoms with van der Waals surface area (Å²) in [6.07, 6.45) is 2.34. The van der Waals surface area contributed by atoms with Gasteiger partial charge in [-0.05, 0) is 46.4 Å². The topological polar surface area (TPSA) is 0 Å². The van der Waals surface area contributed by atoms with E-state index in [0.717, 1.165) is 6.42 Å². The second-order valence-corrected chi connectivity index (χ2v) is 8.20. The highest BCUT2D eigenvalue weighted by Crippen LogP contribution is 2.43. The summed E-state index contributed by atoms with van der Waals surface area (Å²) >= 11 is 3.91. The normalized spacial score (nSPS) is 21.3. The zero-order valence-electron chi connectivity index (χ0n) is 13.1. The summed E-state index contributed by atoms with van der Waals surface area (Å²) in [7, 11) is 0. The molecule has 0 N–H and O–H groups in total. The Morgan fingerprint density at radius 2 is 1.67 bits per heavy atom. The maximum atomic E-state index is 3.91. The zero-order chi connectivity index (χ0) is 15.0. The van der Waals surface area contributed by atoms with Gasteiger partial charge in [-0.2, -0.15) is 0 Å². The molecule has 0 aromatic heterocycles. The van der Waals surface area contributed by atoms with E-state index in [9.17, 15) is 0 Å². The Morgan fingerprint density at radius 3 is 2.29 bits per heavy atom. The summed E-state index contributed by atoms with van der Waals surface area (Å²) in [5.74, 6) is 0.669. The lowest BCUT2D eigenvalue weighted by molar-refractivity contribution is 0.553. The van der Waals surface area contributed by atoms with Crippen molar-refractivity contribution in [2.45, 2.75) is 43.9 Å². The fraction of sp³-hybridized carbons (Fsp3) is 0.400. The summed E-state index contributed by atoms with van der Waals surface area (Å²) in [6, 6.07) is 18.0. The number of fused-ring (bicyclic) bond motifs is 1. The largest absolute Gasteiger partial charge is 0.0835 e. The molecule has 2 atom stereocenters. The van der Waals surface area contributed by atoms with Crippen molar-refractivity contribution in [2.75, 3.05) is 0 Å². The van der Waals surface area contributed by atoms with Gasteiger partial charge in [0, 0.05) is 4.83 Å². The van der Waals surface area contributed by atoms with Gasteiger partial charge in [0.2, 0.25) is 0 Å². The van der Waals surface area contributed by atoms with Crippen LogP contribution in [0.1, 0.15) is 47.9 Å². The first-order valence-electron chi connectivity index (χ1n) is 7.76. The van der Waals surface area contributed by atoms with Crippen LogP contribution in [0.3, 0.4) is 0 Å². The number of hydrogen-bond acceptors (Lipinski definition) is 0. The molecule has 2 aromatic carbocycles. The predicted octanol–water partition coefficient (Wildman–Crippen LogP) is 5.84. The van der Waals surface area contributed by atoms with E-state index in [1.54, 1.807) is 0 Å². The van der Waals surface area contributed by atoms with Gasteiger partial charge in [-0.3, -0.25) is 0 Å². The second-order valence-electron chi connectivity index (χ2n) is 7.22. The number of hydrogen-bond donors (Lipinski definition) is 0. The predicted molar refractivity (Wildman–Crippen MR) is 94.2 cm³/mol. The Kier molecular flexibility index (Phi) is 3.96. The molecule has 1 aliphatic rings. The van der Waals surface area contributed by atoms with Gasteiger partial charge in [-0.15, -0.1) is 0 Å². The van der Waals surface area contributed by atoms with Crippen LogP contribution >= 0.6 is 15.9 Å². The first-order valence-corrected chi connectivity index (χ1v) is 8.68. The quantitative estimate of drug-likeness (QED) is 0.601. The molecule has 1 aliphatic carbocycles. The lowest BCUT2D eigenvalue weighted by atomic mass is 9.86. The van der Waals surface area contributed by atoms with Gasteiger partial charge >= 0.3 is 0 Å². The highest BCUT2D eigenvalue weighted by Gasteiger charge is 2.30. The van der Waals surface area contributed by atoms with Gasteiger partial charge in [-0.25, -0.2) is 0 Å². The van der Waals surface area contributed by atoms with Crippen molar-refractivity contribution in [2.24, 2.45) is 5.92 Å². The second kappa shape index (κ2) is 5.61. The summed E-state index contributed by atoms with van der Waals surface area (Å²) < 4.78 is 0. The van der Waals surface area contributed by atoms with Crippen molar-refractivity contribution in [3.63, 3.8) is 0 Å². The molecule has 2 aromatic rings. The third-order valence-corrected chi connectivity index (χ3v) is 5.81. The highest BCUT2D eigenvalue weighted by molar-refractivity contribution is 9.09. The van der Waals surface area contributed by atoms with E-state index in [1.807, 2.05) is 0 Å². The van der Waals surface area contributed by atoms with Gasteiger partial charge in [0.1, 0.15) is 0 Å². The molecule has 0 amide bonds. The molecular formula is C20H23Br. The van der Waals surface area contributed by atoms with E-state index in [4.69, 9.17) is 0 Å². The monoisotopic (exact) mass is 342 g/mol. The minimum absolute atomic E-state index is 0.236.